The summed E-state index contributed by atoms with van der Waals surface area (Å²) in [7, 11) is 0. The number of hydrogen-bond donors (Lipinski definition) is 1. The highest BCUT2D eigenvalue weighted by Gasteiger charge is 2.04. The van der Waals surface area contributed by atoms with Crippen molar-refractivity contribution in [1.29, 1.82) is 5.26 Å². The second kappa shape index (κ2) is 6.26. The molecule has 0 atom stereocenters. The van der Waals surface area contributed by atoms with Gasteiger partial charge in [-0.15, -0.1) is 0 Å². The standard InChI is InChI=1S/C14H12N4O/c15-9-12-1-3-13(17-10-12)18-14(19)4-2-11-5-7-16-8-6-11/h1,3,5-8,10H,2,4H2,(H,17,18,19). The summed E-state index contributed by atoms with van der Waals surface area (Å²) in [4.78, 5) is 19.6. The molecule has 2 aromatic heterocycles. The average Bonchev–Trinajstić information content (AvgIpc) is 2.47. The van der Waals surface area contributed by atoms with Gasteiger partial charge in [0.25, 0.3) is 0 Å². The number of aryl methyl sites for hydroxylation is 1. The van der Waals surface area contributed by atoms with Crippen molar-refractivity contribution >= 4 is 11.7 Å². The van der Waals surface area contributed by atoms with Crippen LogP contribution in [0.2, 0.25) is 0 Å². The van der Waals surface area contributed by atoms with Gasteiger partial charge >= 0.3 is 0 Å². The Kier molecular flexibility index (Phi) is 4.19. The van der Waals surface area contributed by atoms with E-state index in [2.05, 4.69) is 15.3 Å². The SMILES string of the molecule is N#Cc1ccc(NC(=O)CCc2ccncc2)nc1. The third kappa shape index (κ3) is 3.89. The van der Waals surface area contributed by atoms with E-state index >= 15 is 0 Å². The molecule has 94 valence electrons. The molecule has 1 N–H and O–H groups in total. The van der Waals surface area contributed by atoms with Crippen LogP contribution in [0.4, 0.5) is 5.82 Å². The van der Waals surface area contributed by atoms with Gasteiger partial charge in [-0.3, -0.25) is 9.78 Å². The molecular weight excluding hydrogens is 240 g/mol. The lowest BCUT2D eigenvalue weighted by molar-refractivity contribution is -0.116. The Bertz CT molecular complexity index is 587. The second-order valence-corrected chi connectivity index (χ2v) is 3.95. The van der Waals surface area contributed by atoms with Crippen molar-refractivity contribution in [3.05, 3.63) is 54.0 Å². The fourth-order valence-electron chi connectivity index (χ4n) is 1.55. The molecule has 0 saturated heterocycles. The smallest absolute Gasteiger partial charge is 0.225 e. The summed E-state index contributed by atoms with van der Waals surface area (Å²) in [5.74, 6) is 0.354. The number of carbonyl (C=O) groups excluding carboxylic acids is 1. The Morgan fingerprint density at radius 3 is 2.68 bits per heavy atom. The maximum Gasteiger partial charge on any atom is 0.225 e. The van der Waals surface area contributed by atoms with Crippen molar-refractivity contribution in [1.82, 2.24) is 9.97 Å². The highest BCUT2D eigenvalue weighted by atomic mass is 16.1. The Morgan fingerprint density at radius 1 is 1.26 bits per heavy atom. The van der Waals surface area contributed by atoms with E-state index in [1.54, 1.807) is 24.5 Å². The maximum atomic E-state index is 11.7. The zero-order chi connectivity index (χ0) is 13.5. The number of pyridine rings is 2. The molecule has 0 spiro atoms. The van der Waals surface area contributed by atoms with Gasteiger partial charge in [0.15, 0.2) is 0 Å². The minimum atomic E-state index is -0.103. The van der Waals surface area contributed by atoms with Crippen molar-refractivity contribution in [2.75, 3.05) is 5.32 Å². The molecule has 0 saturated carbocycles. The molecule has 0 radical (unpaired) electrons. The van der Waals surface area contributed by atoms with Crippen LogP contribution in [0.3, 0.4) is 0 Å². The van der Waals surface area contributed by atoms with Gasteiger partial charge in [0.05, 0.1) is 5.56 Å². The third-order valence-electron chi connectivity index (χ3n) is 2.55. The van der Waals surface area contributed by atoms with Gasteiger partial charge in [0, 0.05) is 25.0 Å². The molecule has 5 heteroatoms. The molecule has 0 aliphatic carbocycles. The molecule has 19 heavy (non-hydrogen) atoms. The molecule has 2 heterocycles. The lowest BCUT2D eigenvalue weighted by Crippen LogP contribution is -2.13. The van der Waals surface area contributed by atoms with E-state index in [0.29, 0.717) is 24.2 Å². The molecule has 0 aromatic carbocycles. The van der Waals surface area contributed by atoms with Crippen molar-refractivity contribution in [3.8, 4) is 6.07 Å². The topological polar surface area (TPSA) is 78.7 Å². The lowest BCUT2D eigenvalue weighted by Gasteiger charge is -2.04. The second-order valence-electron chi connectivity index (χ2n) is 3.95. The van der Waals surface area contributed by atoms with E-state index in [4.69, 9.17) is 5.26 Å². The summed E-state index contributed by atoms with van der Waals surface area (Å²) in [6.45, 7) is 0. The first-order valence-electron chi connectivity index (χ1n) is 5.83. The van der Waals surface area contributed by atoms with E-state index in [1.807, 2.05) is 18.2 Å². The minimum Gasteiger partial charge on any atom is -0.311 e. The number of nitriles is 1. The molecule has 0 aliphatic rings. The highest BCUT2D eigenvalue weighted by Crippen LogP contribution is 2.06. The summed E-state index contributed by atoms with van der Waals surface area (Å²) in [6.07, 6.45) is 5.87. The number of rotatable bonds is 4. The first kappa shape index (κ1) is 12.7. The van der Waals surface area contributed by atoms with Crippen LogP contribution in [-0.2, 0) is 11.2 Å². The number of nitrogens with zero attached hydrogens (tertiary/aromatic N) is 3. The summed E-state index contributed by atoms with van der Waals surface area (Å²) < 4.78 is 0. The third-order valence-corrected chi connectivity index (χ3v) is 2.55. The van der Waals surface area contributed by atoms with Gasteiger partial charge in [0.2, 0.25) is 5.91 Å². The molecule has 2 rings (SSSR count). The number of amides is 1. The van der Waals surface area contributed by atoms with Crippen molar-refractivity contribution in [2.45, 2.75) is 12.8 Å². The number of hydrogen-bond acceptors (Lipinski definition) is 4. The van der Waals surface area contributed by atoms with Crippen LogP contribution in [0.15, 0.2) is 42.9 Å². The van der Waals surface area contributed by atoms with Gasteiger partial charge < -0.3 is 5.32 Å². The Hall–Kier alpha value is -2.74. The predicted molar refractivity (Wildman–Crippen MR) is 70.1 cm³/mol. The normalized spacial score (nSPS) is 9.63. The van der Waals surface area contributed by atoms with Crippen LogP contribution in [0.1, 0.15) is 17.5 Å². The highest BCUT2D eigenvalue weighted by molar-refractivity contribution is 5.89. The van der Waals surface area contributed by atoms with Gasteiger partial charge in [-0.2, -0.15) is 5.26 Å². The molecule has 2 aromatic rings. The van der Waals surface area contributed by atoms with Gasteiger partial charge in [-0.25, -0.2) is 4.98 Å². The summed E-state index contributed by atoms with van der Waals surface area (Å²) in [6, 6.07) is 8.97. The zero-order valence-electron chi connectivity index (χ0n) is 10.2. The van der Waals surface area contributed by atoms with Crippen LogP contribution in [-0.4, -0.2) is 15.9 Å². The van der Waals surface area contributed by atoms with Crippen LogP contribution < -0.4 is 5.32 Å². The van der Waals surface area contributed by atoms with Crippen molar-refractivity contribution in [2.24, 2.45) is 0 Å². The molecule has 0 unspecified atom stereocenters. The fourth-order valence-corrected chi connectivity index (χ4v) is 1.55. The molecule has 0 bridgehead atoms. The van der Waals surface area contributed by atoms with Gasteiger partial charge in [0.1, 0.15) is 11.9 Å². The van der Waals surface area contributed by atoms with Crippen LogP contribution in [0, 0.1) is 11.3 Å². The van der Waals surface area contributed by atoms with E-state index in [9.17, 15) is 4.79 Å². The molecule has 0 aliphatic heterocycles. The van der Waals surface area contributed by atoms with Crippen molar-refractivity contribution < 1.29 is 4.79 Å². The first-order valence-corrected chi connectivity index (χ1v) is 5.83. The van der Waals surface area contributed by atoms with Crippen LogP contribution in [0.5, 0.6) is 0 Å². The van der Waals surface area contributed by atoms with Crippen LogP contribution in [0.25, 0.3) is 0 Å². The predicted octanol–water partition coefficient (Wildman–Crippen LogP) is 1.92. The van der Waals surface area contributed by atoms with Crippen molar-refractivity contribution in [3.63, 3.8) is 0 Å². The summed E-state index contributed by atoms with van der Waals surface area (Å²) >= 11 is 0. The monoisotopic (exact) mass is 252 g/mol. The molecule has 5 nitrogen and oxygen atoms in total. The Balaban J connectivity index is 1.86. The van der Waals surface area contributed by atoms with E-state index in [1.165, 1.54) is 6.20 Å². The van der Waals surface area contributed by atoms with E-state index in [-0.39, 0.29) is 5.91 Å². The summed E-state index contributed by atoms with van der Waals surface area (Å²) in [5, 5.41) is 11.3. The number of nitrogens with one attached hydrogen (secondary N) is 1. The quantitative estimate of drug-likeness (QED) is 0.901. The van der Waals surface area contributed by atoms with E-state index in [0.717, 1.165) is 5.56 Å². The minimum absolute atomic E-state index is 0.103. The number of aromatic nitrogens is 2. The van der Waals surface area contributed by atoms with Crippen LogP contribution >= 0.6 is 0 Å². The first-order chi connectivity index (χ1) is 9.28. The Labute approximate surface area is 110 Å². The van der Waals surface area contributed by atoms with E-state index < -0.39 is 0 Å². The summed E-state index contributed by atoms with van der Waals surface area (Å²) in [5.41, 5.74) is 1.53. The maximum absolute atomic E-state index is 11.7. The van der Waals surface area contributed by atoms with Gasteiger partial charge in [-0.1, -0.05) is 0 Å². The zero-order valence-corrected chi connectivity index (χ0v) is 10.2. The average molecular weight is 252 g/mol. The molecule has 0 fully saturated rings. The number of anilines is 1. The lowest BCUT2D eigenvalue weighted by atomic mass is 10.1. The Morgan fingerprint density at radius 2 is 2.05 bits per heavy atom. The number of carbonyl (C=O) groups is 1. The van der Waals surface area contributed by atoms with Gasteiger partial charge in [-0.05, 0) is 36.2 Å². The molecule has 1 amide bonds. The molecular formula is C14H12N4O. The fraction of sp³-hybridized carbons (Fsp3) is 0.143. The largest absolute Gasteiger partial charge is 0.311 e.